The number of imide groups is 1. The van der Waals surface area contributed by atoms with E-state index in [0.29, 0.717) is 28.6 Å². The molecule has 132 valence electrons. The zero-order valence-corrected chi connectivity index (χ0v) is 15.4. The first-order valence-corrected chi connectivity index (χ1v) is 8.91. The predicted octanol–water partition coefficient (Wildman–Crippen LogP) is 4.26. The van der Waals surface area contributed by atoms with Gasteiger partial charge in [0.05, 0.1) is 11.6 Å². The fraction of sp³-hybridized carbons (Fsp3) is 0.529. The van der Waals surface area contributed by atoms with Crippen LogP contribution >= 0.6 is 23.2 Å². The van der Waals surface area contributed by atoms with E-state index in [2.05, 4.69) is 5.32 Å². The second-order valence-corrected chi connectivity index (χ2v) is 6.74. The number of nitrogens with zero attached hydrogens (tertiary/aromatic N) is 1. The van der Waals surface area contributed by atoms with Gasteiger partial charge in [0.2, 0.25) is 0 Å². The molecule has 7 heteroatoms. The molecule has 0 saturated carbocycles. The Hall–Kier alpha value is -1.46. The first-order chi connectivity index (χ1) is 11.4. The number of hydrogen-bond acceptors (Lipinski definition) is 3. The maximum absolute atomic E-state index is 12.7. The molecule has 24 heavy (non-hydrogen) atoms. The summed E-state index contributed by atoms with van der Waals surface area (Å²) in [6.07, 6.45) is 2.95. The van der Waals surface area contributed by atoms with Crippen LogP contribution < -0.4 is 10.1 Å². The van der Waals surface area contributed by atoms with E-state index in [4.69, 9.17) is 27.9 Å². The molecule has 0 unspecified atom stereocenters. The number of benzene rings is 1. The van der Waals surface area contributed by atoms with E-state index in [1.165, 1.54) is 4.90 Å². The minimum atomic E-state index is -0.765. The highest BCUT2D eigenvalue weighted by molar-refractivity contribution is 6.35. The van der Waals surface area contributed by atoms with Crippen molar-refractivity contribution in [3.05, 3.63) is 28.2 Å². The Labute approximate surface area is 152 Å². The van der Waals surface area contributed by atoms with Gasteiger partial charge in [0, 0.05) is 5.02 Å². The highest BCUT2D eigenvalue weighted by Crippen LogP contribution is 2.29. The van der Waals surface area contributed by atoms with Gasteiger partial charge in [0.15, 0.2) is 0 Å². The number of carbonyl (C=O) groups excluding carboxylic acids is 2. The molecular formula is C17H22Cl2N2O3. The molecule has 0 radical (unpaired) electrons. The highest BCUT2D eigenvalue weighted by atomic mass is 35.5. The maximum atomic E-state index is 12.7. The van der Waals surface area contributed by atoms with E-state index in [9.17, 15) is 9.59 Å². The molecule has 1 aromatic rings. The lowest BCUT2D eigenvalue weighted by molar-refractivity contribution is -0.132. The van der Waals surface area contributed by atoms with Crippen molar-refractivity contribution in [1.29, 1.82) is 0 Å². The number of ether oxygens (including phenoxy) is 1. The average molecular weight is 373 g/mol. The maximum Gasteiger partial charge on any atom is 0.325 e. The Morgan fingerprint density at radius 1 is 1.17 bits per heavy atom. The van der Waals surface area contributed by atoms with Gasteiger partial charge in [0.25, 0.3) is 5.91 Å². The fourth-order valence-electron chi connectivity index (χ4n) is 3.04. The Balaban J connectivity index is 1.99. The first kappa shape index (κ1) is 18.9. The zero-order valence-electron chi connectivity index (χ0n) is 13.9. The molecule has 5 nitrogen and oxygen atoms in total. The van der Waals surface area contributed by atoms with Crippen LogP contribution in [0.2, 0.25) is 10.0 Å². The number of amides is 3. The molecule has 1 aromatic carbocycles. The number of hydrogen-bond donors (Lipinski definition) is 1. The molecule has 1 saturated heterocycles. The van der Waals surface area contributed by atoms with Crippen LogP contribution in [0.1, 0.15) is 39.5 Å². The molecule has 0 bridgehead atoms. The van der Waals surface area contributed by atoms with Crippen molar-refractivity contribution in [2.24, 2.45) is 0 Å². The molecule has 1 heterocycles. The third-order valence-electron chi connectivity index (χ3n) is 4.07. The lowest BCUT2D eigenvalue weighted by Gasteiger charge is -2.25. The Kier molecular flexibility index (Phi) is 6.35. The molecule has 0 atom stereocenters. The van der Waals surface area contributed by atoms with Crippen LogP contribution in [0.25, 0.3) is 0 Å². The van der Waals surface area contributed by atoms with Gasteiger partial charge in [0.1, 0.15) is 17.9 Å². The van der Waals surface area contributed by atoms with Crippen molar-refractivity contribution < 1.29 is 14.3 Å². The van der Waals surface area contributed by atoms with Crippen molar-refractivity contribution in [3.63, 3.8) is 0 Å². The van der Waals surface area contributed by atoms with Gasteiger partial charge >= 0.3 is 6.03 Å². The van der Waals surface area contributed by atoms with Crippen molar-refractivity contribution >= 4 is 35.1 Å². The summed E-state index contributed by atoms with van der Waals surface area (Å²) in [5, 5.41) is 3.79. The Morgan fingerprint density at radius 3 is 2.42 bits per heavy atom. The van der Waals surface area contributed by atoms with E-state index in [1.54, 1.807) is 18.2 Å². The monoisotopic (exact) mass is 372 g/mol. The van der Waals surface area contributed by atoms with E-state index in [1.807, 2.05) is 13.8 Å². The topological polar surface area (TPSA) is 58.6 Å². The van der Waals surface area contributed by atoms with Crippen molar-refractivity contribution in [3.8, 4) is 5.75 Å². The third-order valence-corrected chi connectivity index (χ3v) is 4.60. The van der Waals surface area contributed by atoms with Gasteiger partial charge in [-0.25, -0.2) is 4.79 Å². The summed E-state index contributed by atoms with van der Waals surface area (Å²) >= 11 is 11.9. The van der Waals surface area contributed by atoms with Gasteiger partial charge < -0.3 is 10.1 Å². The lowest BCUT2D eigenvalue weighted by Crippen LogP contribution is -2.47. The van der Waals surface area contributed by atoms with Crippen LogP contribution in [0.4, 0.5) is 4.79 Å². The molecule has 0 aliphatic carbocycles. The van der Waals surface area contributed by atoms with Crippen LogP contribution in [0.5, 0.6) is 5.75 Å². The number of rotatable bonds is 8. The number of carbonyl (C=O) groups is 2. The van der Waals surface area contributed by atoms with Gasteiger partial charge in [-0.1, -0.05) is 49.9 Å². The number of urea groups is 1. The minimum absolute atomic E-state index is 0.165. The number of nitrogens with one attached hydrogen (secondary N) is 1. The predicted molar refractivity (Wildman–Crippen MR) is 94.7 cm³/mol. The molecular weight excluding hydrogens is 351 g/mol. The molecule has 2 rings (SSSR count). The smallest absolute Gasteiger partial charge is 0.325 e. The van der Waals surface area contributed by atoms with Crippen LogP contribution in [0.3, 0.4) is 0 Å². The Morgan fingerprint density at radius 2 is 1.83 bits per heavy atom. The van der Waals surface area contributed by atoms with Crippen LogP contribution in [-0.2, 0) is 4.79 Å². The Bertz CT molecular complexity index is 616. The summed E-state index contributed by atoms with van der Waals surface area (Å²) in [6, 6.07) is 4.56. The molecule has 1 aliphatic rings. The summed E-state index contributed by atoms with van der Waals surface area (Å²) in [5.74, 6) is 0.309. The van der Waals surface area contributed by atoms with Crippen LogP contribution in [-0.4, -0.2) is 35.5 Å². The summed E-state index contributed by atoms with van der Waals surface area (Å²) in [7, 11) is 0. The molecule has 0 aromatic heterocycles. The molecule has 0 spiro atoms. The van der Waals surface area contributed by atoms with Gasteiger partial charge in [-0.2, -0.15) is 0 Å². The van der Waals surface area contributed by atoms with Gasteiger partial charge in [-0.3, -0.25) is 9.69 Å². The average Bonchev–Trinajstić information content (AvgIpc) is 2.74. The van der Waals surface area contributed by atoms with Gasteiger partial charge in [-0.15, -0.1) is 0 Å². The number of halogens is 2. The second kappa shape index (κ2) is 8.08. The van der Waals surface area contributed by atoms with E-state index in [0.717, 1.165) is 12.8 Å². The molecule has 1 N–H and O–H groups in total. The quantitative estimate of drug-likeness (QED) is 0.693. The summed E-state index contributed by atoms with van der Waals surface area (Å²) in [6.45, 7) is 4.37. The van der Waals surface area contributed by atoms with E-state index in [-0.39, 0.29) is 25.1 Å². The van der Waals surface area contributed by atoms with Gasteiger partial charge in [-0.05, 0) is 31.0 Å². The minimum Gasteiger partial charge on any atom is -0.490 e. The molecule has 3 amide bonds. The molecule has 1 aliphatic heterocycles. The lowest BCUT2D eigenvalue weighted by atomic mass is 9.88. The van der Waals surface area contributed by atoms with Crippen molar-refractivity contribution in [2.45, 2.75) is 45.1 Å². The standard InChI is InChI=1S/C17H22Cl2N2O3/c1-3-7-17(8-4-2)15(22)21(16(23)20-17)9-10-24-14-6-5-12(18)11-13(14)19/h5-6,11H,3-4,7-10H2,1-2H3,(H,20,23). The summed E-state index contributed by atoms with van der Waals surface area (Å²) < 4.78 is 5.57. The normalized spacial score (nSPS) is 16.4. The van der Waals surface area contributed by atoms with E-state index >= 15 is 0 Å². The van der Waals surface area contributed by atoms with E-state index < -0.39 is 5.54 Å². The highest BCUT2D eigenvalue weighted by Gasteiger charge is 2.49. The fourth-order valence-corrected chi connectivity index (χ4v) is 3.50. The SMILES string of the molecule is CCCC1(CCC)NC(=O)N(CCOc2ccc(Cl)cc2Cl)C1=O. The summed E-state index contributed by atoms with van der Waals surface area (Å²) in [5.41, 5.74) is -0.765. The largest absolute Gasteiger partial charge is 0.490 e. The van der Waals surface area contributed by atoms with Crippen LogP contribution in [0.15, 0.2) is 18.2 Å². The first-order valence-electron chi connectivity index (χ1n) is 8.15. The van der Waals surface area contributed by atoms with Crippen LogP contribution in [0, 0.1) is 0 Å². The summed E-state index contributed by atoms with van der Waals surface area (Å²) in [4.78, 5) is 26.1. The van der Waals surface area contributed by atoms with Crippen molar-refractivity contribution in [2.75, 3.05) is 13.2 Å². The van der Waals surface area contributed by atoms with Crippen molar-refractivity contribution in [1.82, 2.24) is 10.2 Å². The zero-order chi connectivity index (χ0) is 17.7. The molecule has 1 fully saturated rings. The second-order valence-electron chi connectivity index (χ2n) is 5.89. The third kappa shape index (κ3) is 3.95.